The number of hydrogen-bond acceptors (Lipinski definition) is 5. The zero-order valence-electron chi connectivity index (χ0n) is 6.80. The van der Waals surface area contributed by atoms with E-state index in [2.05, 4.69) is 0 Å². The summed E-state index contributed by atoms with van der Waals surface area (Å²) in [5.74, 6) is -0.328. The fourth-order valence-corrected chi connectivity index (χ4v) is 2.09. The number of hydrogen-bond donors (Lipinski definition) is 2. The van der Waals surface area contributed by atoms with Gasteiger partial charge in [0, 0.05) is 16.1 Å². The number of fused-ring (bicyclic) bond motifs is 1. The molecule has 0 radical (unpaired) electrons. The van der Waals surface area contributed by atoms with Crippen molar-refractivity contribution < 1.29 is 15.1 Å². The highest BCUT2D eigenvalue weighted by atomic mass is 32.1. The molecule has 6 heteroatoms. The molecule has 0 aliphatic rings. The van der Waals surface area contributed by atoms with E-state index in [9.17, 15) is 20.3 Å². The number of benzene rings is 1. The Hall–Kier alpha value is -1.82. The summed E-state index contributed by atoms with van der Waals surface area (Å²) in [4.78, 5) is 9.85. The van der Waals surface area contributed by atoms with Crippen LogP contribution >= 0.6 is 11.3 Å². The molecule has 1 aromatic carbocycles. The van der Waals surface area contributed by atoms with E-state index in [4.69, 9.17) is 0 Å². The molecule has 0 spiro atoms. The van der Waals surface area contributed by atoms with Crippen molar-refractivity contribution >= 4 is 27.1 Å². The van der Waals surface area contributed by atoms with Crippen molar-refractivity contribution in [3.05, 3.63) is 27.6 Å². The summed E-state index contributed by atoms with van der Waals surface area (Å²) in [5.41, 5.74) is -0.183. The summed E-state index contributed by atoms with van der Waals surface area (Å²) in [6.07, 6.45) is 0. The Morgan fingerprint density at radius 3 is 2.64 bits per heavy atom. The van der Waals surface area contributed by atoms with Gasteiger partial charge in [0.25, 0.3) is 5.69 Å². The third-order valence-electron chi connectivity index (χ3n) is 1.83. The lowest BCUT2D eigenvalue weighted by molar-refractivity contribution is -0.384. The summed E-state index contributed by atoms with van der Waals surface area (Å²) >= 11 is 1.15. The van der Waals surface area contributed by atoms with Crippen LogP contribution in [0.1, 0.15) is 0 Å². The van der Waals surface area contributed by atoms with Crippen molar-refractivity contribution in [1.29, 1.82) is 0 Å². The highest BCUT2D eigenvalue weighted by Gasteiger charge is 2.14. The van der Waals surface area contributed by atoms with Gasteiger partial charge < -0.3 is 10.2 Å². The first-order valence-electron chi connectivity index (χ1n) is 3.67. The Morgan fingerprint density at radius 2 is 2.00 bits per heavy atom. The fraction of sp³-hybridized carbons (Fsp3) is 0. The minimum atomic E-state index is -0.587. The van der Waals surface area contributed by atoms with Gasteiger partial charge in [-0.1, -0.05) is 0 Å². The van der Waals surface area contributed by atoms with Crippen LogP contribution in [0, 0.1) is 10.1 Å². The molecule has 0 saturated carbocycles. The molecule has 14 heavy (non-hydrogen) atoms. The molecule has 0 atom stereocenters. The maximum absolute atomic E-state index is 10.4. The summed E-state index contributed by atoms with van der Waals surface area (Å²) in [5, 5.41) is 30.8. The number of phenols is 1. The summed E-state index contributed by atoms with van der Waals surface area (Å²) in [6.45, 7) is 0. The van der Waals surface area contributed by atoms with Crippen molar-refractivity contribution in [3.8, 4) is 11.5 Å². The van der Waals surface area contributed by atoms with Crippen LogP contribution in [0.15, 0.2) is 17.5 Å². The minimum absolute atomic E-state index is 0.0580. The Kier molecular flexibility index (Phi) is 1.78. The van der Waals surface area contributed by atoms with E-state index in [0.717, 1.165) is 17.4 Å². The number of non-ortho nitro benzene ring substituents is 1. The number of thiophene rings is 1. The van der Waals surface area contributed by atoms with Gasteiger partial charge in [-0.3, -0.25) is 10.1 Å². The molecule has 2 N–H and O–H groups in total. The van der Waals surface area contributed by atoms with E-state index in [1.54, 1.807) is 0 Å². The molecule has 0 unspecified atom stereocenters. The van der Waals surface area contributed by atoms with Crippen LogP contribution in [0.2, 0.25) is 0 Å². The molecule has 0 fully saturated rings. The highest BCUT2D eigenvalue weighted by molar-refractivity contribution is 7.17. The van der Waals surface area contributed by atoms with E-state index in [1.807, 2.05) is 0 Å². The van der Waals surface area contributed by atoms with Crippen LogP contribution in [0.5, 0.6) is 11.5 Å². The van der Waals surface area contributed by atoms with Gasteiger partial charge in [0.2, 0.25) is 0 Å². The zero-order chi connectivity index (χ0) is 10.3. The highest BCUT2D eigenvalue weighted by Crippen LogP contribution is 2.40. The number of nitrogens with zero attached hydrogens (tertiary/aromatic N) is 1. The molecule has 0 amide bonds. The average molecular weight is 211 g/mol. The lowest BCUT2D eigenvalue weighted by atomic mass is 10.2. The van der Waals surface area contributed by atoms with Crippen LogP contribution in [0.25, 0.3) is 10.1 Å². The van der Waals surface area contributed by atoms with E-state index in [1.165, 1.54) is 11.4 Å². The largest absolute Gasteiger partial charge is 0.507 e. The normalized spacial score (nSPS) is 10.6. The number of nitro groups is 1. The van der Waals surface area contributed by atoms with Crippen LogP contribution < -0.4 is 0 Å². The molecule has 2 aromatic rings. The molecule has 5 nitrogen and oxygen atoms in total. The van der Waals surface area contributed by atoms with Gasteiger partial charge >= 0.3 is 0 Å². The Morgan fingerprint density at radius 1 is 1.29 bits per heavy atom. The van der Waals surface area contributed by atoms with Crippen LogP contribution in [0.4, 0.5) is 5.69 Å². The van der Waals surface area contributed by atoms with Crippen LogP contribution in [0.3, 0.4) is 0 Å². The lowest BCUT2D eigenvalue weighted by Gasteiger charge is -1.96. The molecule has 1 aromatic heterocycles. The molecule has 0 bridgehead atoms. The van der Waals surface area contributed by atoms with Gasteiger partial charge in [0.15, 0.2) is 0 Å². The van der Waals surface area contributed by atoms with E-state index >= 15 is 0 Å². The van der Waals surface area contributed by atoms with Crippen molar-refractivity contribution in [2.45, 2.75) is 0 Å². The second-order valence-corrected chi connectivity index (χ2v) is 3.63. The second kappa shape index (κ2) is 2.85. The molecule has 2 rings (SSSR count). The Labute approximate surface area is 82.0 Å². The summed E-state index contributed by atoms with van der Waals surface area (Å²) in [7, 11) is 0. The van der Waals surface area contributed by atoms with Crippen molar-refractivity contribution in [3.63, 3.8) is 0 Å². The van der Waals surface area contributed by atoms with Crippen LogP contribution in [-0.2, 0) is 0 Å². The van der Waals surface area contributed by atoms with E-state index < -0.39 is 4.92 Å². The number of nitro benzene ring substituents is 1. The van der Waals surface area contributed by atoms with Gasteiger partial charge in [0.05, 0.1) is 16.4 Å². The van der Waals surface area contributed by atoms with Gasteiger partial charge in [-0.25, -0.2) is 0 Å². The summed E-state index contributed by atoms with van der Waals surface area (Å²) in [6, 6.07) is 2.34. The monoisotopic (exact) mass is 211 g/mol. The first-order chi connectivity index (χ1) is 6.59. The Bertz CT molecular complexity index is 519. The van der Waals surface area contributed by atoms with Crippen molar-refractivity contribution in [2.75, 3.05) is 0 Å². The van der Waals surface area contributed by atoms with Crippen molar-refractivity contribution in [1.82, 2.24) is 0 Å². The fourth-order valence-electron chi connectivity index (χ4n) is 1.22. The predicted octanol–water partition coefficient (Wildman–Crippen LogP) is 2.22. The molecule has 1 heterocycles. The third kappa shape index (κ3) is 1.16. The van der Waals surface area contributed by atoms with E-state index in [0.29, 0.717) is 4.70 Å². The second-order valence-electron chi connectivity index (χ2n) is 2.72. The molecule has 72 valence electrons. The number of aromatic hydroxyl groups is 2. The van der Waals surface area contributed by atoms with Crippen molar-refractivity contribution in [2.24, 2.45) is 0 Å². The van der Waals surface area contributed by atoms with Gasteiger partial charge in [0.1, 0.15) is 11.5 Å². The third-order valence-corrected chi connectivity index (χ3v) is 2.75. The first kappa shape index (κ1) is 8.76. The first-order valence-corrected chi connectivity index (χ1v) is 4.55. The number of rotatable bonds is 1. The lowest BCUT2D eigenvalue weighted by Crippen LogP contribution is -1.86. The molecule has 0 aliphatic heterocycles. The van der Waals surface area contributed by atoms with Gasteiger partial charge in [-0.2, -0.15) is 0 Å². The molecule has 0 saturated heterocycles. The maximum Gasteiger partial charge on any atom is 0.274 e. The SMILES string of the molecule is O=[N+]([O-])c1cc(O)c2c(O)csc2c1. The zero-order valence-corrected chi connectivity index (χ0v) is 7.61. The molecule has 0 aliphatic carbocycles. The predicted molar refractivity (Wildman–Crippen MR) is 51.8 cm³/mol. The summed E-state index contributed by atoms with van der Waals surface area (Å²) < 4.78 is 0.495. The quantitative estimate of drug-likeness (QED) is 0.559. The average Bonchev–Trinajstić information content (AvgIpc) is 2.48. The number of phenolic OH excluding ortho intramolecular Hbond substituents is 1. The smallest absolute Gasteiger partial charge is 0.274 e. The topological polar surface area (TPSA) is 83.6 Å². The molecular weight excluding hydrogens is 206 g/mol. The molecular formula is C8H5NO4S. The minimum Gasteiger partial charge on any atom is -0.507 e. The standard InChI is InChI=1S/C8H5NO4S/c10-5-1-4(9(12)13)2-7-8(5)6(11)3-14-7/h1-3,10-11H. The van der Waals surface area contributed by atoms with Gasteiger partial charge in [-0.15, -0.1) is 11.3 Å². The van der Waals surface area contributed by atoms with Crippen LogP contribution in [-0.4, -0.2) is 15.1 Å². The van der Waals surface area contributed by atoms with E-state index in [-0.39, 0.29) is 22.6 Å². The Balaban J connectivity index is 2.80. The van der Waals surface area contributed by atoms with Gasteiger partial charge in [-0.05, 0) is 0 Å². The maximum atomic E-state index is 10.4.